The van der Waals surface area contributed by atoms with Gasteiger partial charge in [-0.05, 0) is 68.4 Å². The van der Waals surface area contributed by atoms with Crippen molar-refractivity contribution in [1.29, 1.82) is 0 Å². The minimum atomic E-state index is -4.09. The number of para-hydroxylation sites is 2. The first-order chi connectivity index (χ1) is 18.2. The Morgan fingerprint density at radius 3 is 2.37 bits per heavy atom. The van der Waals surface area contributed by atoms with Gasteiger partial charge in [0.05, 0.1) is 23.9 Å². The molecule has 0 aliphatic heterocycles. The topological polar surface area (TPSA) is 93.0 Å². The molecular weight excluding hydrogens is 507 g/mol. The summed E-state index contributed by atoms with van der Waals surface area (Å²) in [5.74, 6) is -0.660. The Kier molecular flexibility index (Phi) is 7.92. The summed E-state index contributed by atoms with van der Waals surface area (Å²) in [5.41, 5.74) is 5.92. The molecule has 1 amide bonds. The third-order valence-electron chi connectivity index (χ3n) is 5.92. The van der Waals surface area contributed by atoms with Crippen LogP contribution in [0.1, 0.15) is 17.0 Å². The molecule has 0 saturated carbocycles. The number of hydrogen-bond acceptors (Lipinski definition) is 5. The normalized spacial score (nSPS) is 11.5. The summed E-state index contributed by atoms with van der Waals surface area (Å²) in [6.45, 7) is 3.27. The van der Waals surface area contributed by atoms with Crippen molar-refractivity contribution in [2.24, 2.45) is 5.10 Å². The fourth-order valence-electron chi connectivity index (χ4n) is 4.10. The molecule has 4 rings (SSSR count). The number of carbonyl (C=O) groups excluding carboxylic acids is 1. The van der Waals surface area contributed by atoms with E-state index < -0.39 is 22.5 Å². The lowest BCUT2D eigenvalue weighted by atomic mass is 10.2. The van der Waals surface area contributed by atoms with E-state index in [0.29, 0.717) is 5.75 Å². The molecule has 0 radical (unpaired) electrons. The van der Waals surface area contributed by atoms with Gasteiger partial charge in [-0.1, -0.05) is 30.3 Å². The summed E-state index contributed by atoms with van der Waals surface area (Å²) in [6, 6.07) is 22.4. The molecule has 196 valence electrons. The summed E-state index contributed by atoms with van der Waals surface area (Å²) in [6.07, 6.45) is 1.49. The number of nitrogens with zero attached hydrogens (tertiary/aromatic N) is 3. The number of amides is 1. The first kappa shape index (κ1) is 26.6. The van der Waals surface area contributed by atoms with Crippen molar-refractivity contribution in [3.05, 3.63) is 108 Å². The number of hydrazone groups is 1. The molecule has 1 aromatic heterocycles. The van der Waals surface area contributed by atoms with Gasteiger partial charge in [0.25, 0.3) is 15.9 Å². The lowest BCUT2D eigenvalue weighted by molar-refractivity contribution is -0.119. The molecule has 0 aliphatic rings. The molecule has 0 bridgehead atoms. The van der Waals surface area contributed by atoms with Gasteiger partial charge in [0.2, 0.25) is 0 Å². The Bertz CT molecular complexity index is 1570. The van der Waals surface area contributed by atoms with Crippen LogP contribution in [0, 0.1) is 19.7 Å². The molecule has 0 atom stereocenters. The smallest absolute Gasteiger partial charge is 0.264 e. The van der Waals surface area contributed by atoms with Crippen molar-refractivity contribution < 1.29 is 22.3 Å². The van der Waals surface area contributed by atoms with E-state index in [4.69, 9.17) is 4.74 Å². The number of ether oxygens (including phenoxy) is 1. The van der Waals surface area contributed by atoms with Crippen LogP contribution >= 0.6 is 0 Å². The predicted octanol–water partition coefficient (Wildman–Crippen LogP) is 4.59. The Morgan fingerprint density at radius 2 is 1.68 bits per heavy atom. The number of rotatable bonds is 9. The second-order valence-corrected chi connectivity index (χ2v) is 10.3. The largest absolute Gasteiger partial charge is 0.495 e. The van der Waals surface area contributed by atoms with Crippen LogP contribution in [0.2, 0.25) is 0 Å². The average Bonchev–Trinajstić information content (AvgIpc) is 3.20. The van der Waals surface area contributed by atoms with E-state index in [9.17, 15) is 17.6 Å². The molecule has 1 N–H and O–H groups in total. The zero-order valence-electron chi connectivity index (χ0n) is 21.1. The highest BCUT2D eigenvalue weighted by molar-refractivity contribution is 7.92. The van der Waals surface area contributed by atoms with Crippen LogP contribution in [0.4, 0.5) is 10.1 Å². The van der Waals surface area contributed by atoms with Crippen molar-refractivity contribution in [2.45, 2.75) is 18.7 Å². The third kappa shape index (κ3) is 5.60. The maximum atomic E-state index is 13.5. The summed E-state index contributed by atoms with van der Waals surface area (Å²) < 4.78 is 48.6. The van der Waals surface area contributed by atoms with Crippen LogP contribution in [0.5, 0.6) is 5.75 Å². The highest BCUT2D eigenvalue weighted by Gasteiger charge is 2.29. The predicted molar refractivity (Wildman–Crippen MR) is 145 cm³/mol. The summed E-state index contributed by atoms with van der Waals surface area (Å²) in [4.78, 5) is 12.9. The van der Waals surface area contributed by atoms with Crippen molar-refractivity contribution in [3.8, 4) is 11.4 Å². The molecule has 0 saturated heterocycles. The average molecular weight is 535 g/mol. The van der Waals surface area contributed by atoms with Crippen LogP contribution in [-0.4, -0.2) is 38.8 Å². The number of aromatic nitrogens is 1. The maximum Gasteiger partial charge on any atom is 0.264 e. The van der Waals surface area contributed by atoms with E-state index in [0.717, 1.165) is 26.9 Å². The van der Waals surface area contributed by atoms with Gasteiger partial charge in [-0.15, -0.1) is 0 Å². The zero-order valence-corrected chi connectivity index (χ0v) is 21.9. The molecule has 4 aromatic rings. The van der Waals surface area contributed by atoms with Crippen molar-refractivity contribution >= 4 is 27.8 Å². The van der Waals surface area contributed by atoms with E-state index in [1.807, 2.05) is 24.5 Å². The fourth-order valence-corrected chi connectivity index (χ4v) is 5.55. The van der Waals surface area contributed by atoms with Gasteiger partial charge in [0.1, 0.15) is 18.1 Å². The number of benzene rings is 3. The summed E-state index contributed by atoms with van der Waals surface area (Å²) >= 11 is 0. The van der Waals surface area contributed by atoms with E-state index in [-0.39, 0.29) is 16.4 Å². The van der Waals surface area contributed by atoms with E-state index in [1.54, 1.807) is 54.6 Å². The lowest BCUT2D eigenvalue weighted by Crippen LogP contribution is -2.39. The summed E-state index contributed by atoms with van der Waals surface area (Å²) in [5, 5.41) is 4.06. The zero-order chi connectivity index (χ0) is 27.3. The number of hydrogen-bond donors (Lipinski definition) is 1. The standard InChI is InChI=1S/C28H27FN4O4S/c1-20-17-22(21(2)33(20)24-15-13-23(29)14-16-24)18-30-31-28(34)19-32(26-11-7-8-12-27(26)37-3)38(35,36)25-9-5-4-6-10-25/h4-18H,19H2,1-3H3,(H,31,34)/b30-18+. The van der Waals surface area contributed by atoms with Gasteiger partial charge >= 0.3 is 0 Å². The Balaban J connectivity index is 1.57. The number of nitrogens with one attached hydrogen (secondary N) is 1. The number of halogens is 1. The minimum absolute atomic E-state index is 0.0374. The quantitative estimate of drug-likeness (QED) is 0.251. The SMILES string of the molecule is COc1ccccc1N(CC(=O)N/N=C/c1cc(C)n(-c2ccc(F)cc2)c1C)S(=O)(=O)c1ccccc1. The number of carbonyl (C=O) groups is 1. The molecule has 0 spiro atoms. The third-order valence-corrected chi connectivity index (χ3v) is 7.69. The van der Waals surface area contributed by atoms with E-state index in [2.05, 4.69) is 10.5 Å². The number of aryl methyl sites for hydroxylation is 1. The highest BCUT2D eigenvalue weighted by atomic mass is 32.2. The molecule has 8 nitrogen and oxygen atoms in total. The molecule has 38 heavy (non-hydrogen) atoms. The Labute approximate surface area is 221 Å². The Hall–Kier alpha value is -4.44. The number of anilines is 1. The first-order valence-electron chi connectivity index (χ1n) is 11.7. The Morgan fingerprint density at radius 1 is 1.03 bits per heavy atom. The molecule has 0 aliphatic carbocycles. The van der Waals surface area contributed by atoms with Gasteiger partial charge in [-0.3, -0.25) is 9.10 Å². The number of methoxy groups -OCH3 is 1. The van der Waals surface area contributed by atoms with Gasteiger partial charge in [0.15, 0.2) is 0 Å². The highest BCUT2D eigenvalue weighted by Crippen LogP contribution is 2.32. The number of sulfonamides is 1. The molecule has 0 fully saturated rings. The molecular formula is C28H27FN4O4S. The van der Waals surface area contributed by atoms with Crippen LogP contribution < -0.4 is 14.5 Å². The van der Waals surface area contributed by atoms with Crippen molar-refractivity contribution in [2.75, 3.05) is 18.0 Å². The molecule has 10 heteroatoms. The van der Waals surface area contributed by atoms with E-state index in [1.165, 1.54) is 37.6 Å². The maximum absolute atomic E-state index is 13.5. The van der Waals surface area contributed by atoms with Crippen molar-refractivity contribution in [1.82, 2.24) is 9.99 Å². The van der Waals surface area contributed by atoms with Crippen LogP contribution in [-0.2, 0) is 14.8 Å². The lowest BCUT2D eigenvalue weighted by Gasteiger charge is -2.25. The van der Waals surface area contributed by atoms with Gasteiger partial charge in [-0.2, -0.15) is 5.10 Å². The fraction of sp³-hybridized carbons (Fsp3) is 0.143. The van der Waals surface area contributed by atoms with E-state index >= 15 is 0 Å². The minimum Gasteiger partial charge on any atom is -0.495 e. The molecule has 3 aromatic carbocycles. The molecule has 0 unspecified atom stereocenters. The molecule has 1 heterocycles. The second kappa shape index (κ2) is 11.3. The van der Waals surface area contributed by atoms with Gasteiger partial charge < -0.3 is 9.30 Å². The van der Waals surface area contributed by atoms with Crippen LogP contribution in [0.25, 0.3) is 5.69 Å². The van der Waals surface area contributed by atoms with Crippen LogP contribution in [0.3, 0.4) is 0 Å². The van der Waals surface area contributed by atoms with Crippen molar-refractivity contribution in [3.63, 3.8) is 0 Å². The first-order valence-corrected chi connectivity index (χ1v) is 13.1. The van der Waals surface area contributed by atoms with Gasteiger partial charge in [-0.25, -0.2) is 18.2 Å². The van der Waals surface area contributed by atoms with Gasteiger partial charge in [0, 0.05) is 22.6 Å². The van der Waals surface area contributed by atoms with Crippen LogP contribution in [0.15, 0.2) is 94.9 Å². The monoisotopic (exact) mass is 534 g/mol. The summed E-state index contributed by atoms with van der Waals surface area (Å²) in [7, 11) is -2.66. The second-order valence-electron chi connectivity index (χ2n) is 8.43.